The van der Waals surface area contributed by atoms with E-state index < -0.39 is 18.2 Å². The highest BCUT2D eigenvalue weighted by atomic mass is 16.6. The summed E-state index contributed by atoms with van der Waals surface area (Å²) in [7, 11) is 0. The number of carbonyl (C=O) groups excluding carboxylic acids is 1. The molecule has 1 N–H and O–H groups in total. The van der Waals surface area contributed by atoms with Gasteiger partial charge in [0.25, 0.3) is 0 Å². The second-order valence-corrected chi connectivity index (χ2v) is 3.65. The first-order valence-electron chi connectivity index (χ1n) is 5.32. The molecule has 0 fully saturated rings. The van der Waals surface area contributed by atoms with Crippen LogP contribution in [0.15, 0.2) is 24.3 Å². The van der Waals surface area contributed by atoms with E-state index >= 15 is 0 Å². The molecular weight excluding hydrogens is 208 g/mol. The Morgan fingerprint density at radius 2 is 2.31 bits per heavy atom. The number of carbonyl (C=O) groups is 1. The third-order valence-corrected chi connectivity index (χ3v) is 2.53. The van der Waals surface area contributed by atoms with Crippen LogP contribution in [0.3, 0.4) is 0 Å². The fourth-order valence-corrected chi connectivity index (χ4v) is 1.77. The Morgan fingerprint density at radius 3 is 3.06 bits per heavy atom. The van der Waals surface area contributed by atoms with Crippen LogP contribution in [-0.4, -0.2) is 23.8 Å². The van der Waals surface area contributed by atoms with Crippen molar-refractivity contribution in [3.8, 4) is 5.75 Å². The number of hydrogen-bond acceptors (Lipinski definition) is 4. The van der Waals surface area contributed by atoms with E-state index in [1.165, 1.54) is 0 Å². The molecule has 0 aliphatic carbocycles. The van der Waals surface area contributed by atoms with Crippen molar-refractivity contribution < 1.29 is 19.4 Å². The Hall–Kier alpha value is -1.55. The predicted molar refractivity (Wildman–Crippen MR) is 57.1 cm³/mol. The maximum atomic E-state index is 11.5. The van der Waals surface area contributed by atoms with Gasteiger partial charge < -0.3 is 14.6 Å². The molecule has 4 heteroatoms. The molecular formula is C12H14O4. The van der Waals surface area contributed by atoms with Crippen LogP contribution in [0.2, 0.25) is 0 Å². The standard InChI is InChI=1S/C12H14O4/c1-2-15-12(14)11-7-9(13)8-5-3-4-6-10(8)16-11/h3-6,9,11,13H,2,7H2,1H3. The van der Waals surface area contributed by atoms with E-state index in [1.54, 1.807) is 25.1 Å². The number of para-hydroxylation sites is 1. The SMILES string of the molecule is CCOC(=O)C1CC(O)c2ccccc2O1. The van der Waals surface area contributed by atoms with Crippen molar-refractivity contribution in [2.45, 2.75) is 25.6 Å². The Bertz CT molecular complexity index is 388. The summed E-state index contributed by atoms with van der Waals surface area (Å²) in [6.07, 6.45) is -1.13. The van der Waals surface area contributed by atoms with E-state index in [1.807, 2.05) is 6.07 Å². The molecule has 0 saturated heterocycles. The minimum atomic E-state index is -0.704. The molecule has 0 spiro atoms. The van der Waals surface area contributed by atoms with Gasteiger partial charge in [-0.15, -0.1) is 0 Å². The van der Waals surface area contributed by atoms with Gasteiger partial charge in [0.05, 0.1) is 12.7 Å². The van der Waals surface area contributed by atoms with E-state index in [0.29, 0.717) is 12.4 Å². The summed E-state index contributed by atoms with van der Waals surface area (Å²) < 4.78 is 10.4. The van der Waals surface area contributed by atoms with Crippen molar-refractivity contribution in [3.05, 3.63) is 29.8 Å². The summed E-state index contributed by atoms with van der Waals surface area (Å²) in [4.78, 5) is 11.5. The monoisotopic (exact) mass is 222 g/mol. The number of ether oxygens (including phenoxy) is 2. The number of aliphatic hydroxyl groups is 1. The molecule has 16 heavy (non-hydrogen) atoms. The number of aliphatic hydroxyl groups excluding tert-OH is 1. The highest BCUT2D eigenvalue weighted by molar-refractivity contribution is 5.75. The van der Waals surface area contributed by atoms with Crippen LogP contribution in [0.4, 0.5) is 0 Å². The Morgan fingerprint density at radius 1 is 1.56 bits per heavy atom. The lowest BCUT2D eigenvalue weighted by molar-refractivity contribution is -0.154. The van der Waals surface area contributed by atoms with Crippen LogP contribution < -0.4 is 4.74 Å². The average Bonchev–Trinajstić information content (AvgIpc) is 2.29. The van der Waals surface area contributed by atoms with Gasteiger partial charge in [0.1, 0.15) is 5.75 Å². The highest BCUT2D eigenvalue weighted by Crippen LogP contribution is 2.34. The van der Waals surface area contributed by atoms with Crippen LogP contribution in [0.1, 0.15) is 25.0 Å². The minimum Gasteiger partial charge on any atom is -0.478 e. The number of fused-ring (bicyclic) bond motifs is 1. The van der Waals surface area contributed by atoms with Gasteiger partial charge in [0, 0.05) is 12.0 Å². The van der Waals surface area contributed by atoms with E-state index in [9.17, 15) is 9.90 Å². The van der Waals surface area contributed by atoms with Crippen LogP contribution in [0.5, 0.6) is 5.75 Å². The molecule has 1 heterocycles. The van der Waals surface area contributed by atoms with Crippen LogP contribution in [-0.2, 0) is 9.53 Å². The number of esters is 1. The molecule has 2 atom stereocenters. The fourth-order valence-electron chi connectivity index (χ4n) is 1.77. The van der Waals surface area contributed by atoms with Crippen LogP contribution in [0.25, 0.3) is 0 Å². The summed E-state index contributed by atoms with van der Waals surface area (Å²) in [5.74, 6) is 0.135. The van der Waals surface area contributed by atoms with Crippen molar-refractivity contribution in [2.24, 2.45) is 0 Å². The molecule has 2 unspecified atom stereocenters. The molecule has 1 aromatic rings. The lowest BCUT2D eigenvalue weighted by Crippen LogP contribution is -2.34. The largest absolute Gasteiger partial charge is 0.478 e. The van der Waals surface area contributed by atoms with Gasteiger partial charge in [-0.25, -0.2) is 4.79 Å². The van der Waals surface area contributed by atoms with Gasteiger partial charge in [-0.1, -0.05) is 18.2 Å². The zero-order chi connectivity index (χ0) is 11.5. The molecule has 2 rings (SSSR count). The van der Waals surface area contributed by atoms with Gasteiger partial charge in [-0.05, 0) is 13.0 Å². The Labute approximate surface area is 93.8 Å². The minimum absolute atomic E-state index is 0.246. The van der Waals surface area contributed by atoms with Gasteiger partial charge in [0.15, 0.2) is 6.10 Å². The summed E-state index contributed by atoms with van der Waals surface area (Å²) in [5.41, 5.74) is 0.725. The third-order valence-electron chi connectivity index (χ3n) is 2.53. The van der Waals surface area contributed by atoms with E-state index in [-0.39, 0.29) is 6.42 Å². The molecule has 1 aromatic carbocycles. The molecule has 0 aromatic heterocycles. The lowest BCUT2D eigenvalue weighted by Gasteiger charge is -2.27. The normalized spacial score (nSPS) is 23.1. The van der Waals surface area contributed by atoms with Crippen LogP contribution in [0, 0.1) is 0 Å². The predicted octanol–water partition coefficient (Wildman–Crippen LogP) is 1.43. The van der Waals surface area contributed by atoms with Gasteiger partial charge in [-0.2, -0.15) is 0 Å². The topological polar surface area (TPSA) is 55.8 Å². The first-order valence-corrected chi connectivity index (χ1v) is 5.32. The van der Waals surface area contributed by atoms with Crippen molar-refractivity contribution in [1.29, 1.82) is 0 Å². The van der Waals surface area contributed by atoms with Gasteiger partial charge >= 0.3 is 5.97 Å². The summed E-state index contributed by atoms with van der Waals surface area (Å²) in [6.45, 7) is 2.06. The number of hydrogen-bond donors (Lipinski definition) is 1. The first kappa shape index (κ1) is 11.0. The maximum absolute atomic E-state index is 11.5. The molecule has 0 amide bonds. The Kier molecular flexibility index (Phi) is 3.10. The smallest absolute Gasteiger partial charge is 0.347 e. The fraction of sp³-hybridized carbons (Fsp3) is 0.417. The second kappa shape index (κ2) is 4.53. The average molecular weight is 222 g/mol. The van der Waals surface area contributed by atoms with Crippen molar-refractivity contribution in [2.75, 3.05) is 6.61 Å². The molecule has 0 saturated carbocycles. The maximum Gasteiger partial charge on any atom is 0.347 e. The van der Waals surface area contributed by atoms with Gasteiger partial charge in [0.2, 0.25) is 0 Å². The highest BCUT2D eigenvalue weighted by Gasteiger charge is 2.32. The summed E-state index contributed by atoms with van der Waals surface area (Å²) in [5, 5.41) is 9.86. The van der Waals surface area contributed by atoms with E-state index in [4.69, 9.17) is 9.47 Å². The zero-order valence-corrected chi connectivity index (χ0v) is 9.05. The quantitative estimate of drug-likeness (QED) is 0.769. The number of benzene rings is 1. The molecule has 86 valence electrons. The van der Waals surface area contributed by atoms with Crippen molar-refractivity contribution in [3.63, 3.8) is 0 Å². The molecule has 1 aliphatic rings. The molecule has 4 nitrogen and oxygen atoms in total. The summed E-state index contributed by atoms with van der Waals surface area (Å²) in [6, 6.07) is 7.17. The molecule has 0 bridgehead atoms. The first-order chi connectivity index (χ1) is 7.72. The third kappa shape index (κ3) is 2.02. The lowest BCUT2D eigenvalue weighted by atomic mass is 9.99. The zero-order valence-electron chi connectivity index (χ0n) is 9.05. The van der Waals surface area contributed by atoms with Crippen molar-refractivity contribution in [1.82, 2.24) is 0 Å². The molecule has 1 aliphatic heterocycles. The van der Waals surface area contributed by atoms with Gasteiger partial charge in [-0.3, -0.25) is 0 Å². The number of rotatable bonds is 2. The van der Waals surface area contributed by atoms with Crippen molar-refractivity contribution >= 4 is 5.97 Å². The van der Waals surface area contributed by atoms with E-state index in [2.05, 4.69) is 0 Å². The summed E-state index contributed by atoms with van der Waals surface area (Å²) >= 11 is 0. The second-order valence-electron chi connectivity index (χ2n) is 3.65. The molecule has 0 radical (unpaired) electrons. The van der Waals surface area contributed by atoms with Crippen LogP contribution >= 0.6 is 0 Å². The van der Waals surface area contributed by atoms with E-state index in [0.717, 1.165) is 5.56 Å². The Balaban J connectivity index is 2.18.